The average molecular weight is 348 g/mol. The fourth-order valence-electron chi connectivity index (χ4n) is 2.72. The lowest BCUT2D eigenvalue weighted by Gasteiger charge is -2.24. The number of halogens is 1. The smallest absolute Gasteiger partial charge is 0.410 e. The van der Waals surface area contributed by atoms with Gasteiger partial charge in [0.1, 0.15) is 11.4 Å². The second-order valence-electron chi connectivity index (χ2n) is 7.28. The molecular weight excluding hydrogens is 323 g/mol. The Morgan fingerprint density at radius 2 is 2.08 bits per heavy atom. The predicted octanol–water partition coefficient (Wildman–Crippen LogP) is 3.52. The van der Waals surface area contributed by atoms with Crippen molar-refractivity contribution in [1.29, 1.82) is 0 Å². The van der Waals surface area contributed by atoms with E-state index in [0.717, 1.165) is 5.56 Å². The SMILES string of the molecule is C=Cc1cc(C(=O)NC2CCN(C(=O)OC(C)(C)C)C2)c(F)cc1C. The summed E-state index contributed by atoms with van der Waals surface area (Å²) in [5.41, 5.74) is 0.857. The molecule has 0 radical (unpaired) electrons. The molecule has 0 saturated carbocycles. The van der Waals surface area contributed by atoms with Gasteiger partial charge in [0.15, 0.2) is 0 Å². The fourth-order valence-corrected chi connectivity index (χ4v) is 2.72. The highest BCUT2D eigenvalue weighted by Gasteiger charge is 2.31. The Hall–Kier alpha value is -2.37. The van der Waals surface area contributed by atoms with Crippen LogP contribution in [-0.2, 0) is 4.74 Å². The molecule has 1 aromatic carbocycles. The summed E-state index contributed by atoms with van der Waals surface area (Å²) in [5, 5.41) is 2.79. The van der Waals surface area contributed by atoms with E-state index in [4.69, 9.17) is 4.74 Å². The number of amides is 2. The quantitative estimate of drug-likeness (QED) is 0.909. The third-order valence-corrected chi connectivity index (χ3v) is 4.00. The van der Waals surface area contributed by atoms with Gasteiger partial charge < -0.3 is 15.0 Å². The van der Waals surface area contributed by atoms with Crippen molar-refractivity contribution < 1.29 is 18.7 Å². The van der Waals surface area contributed by atoms with Gasteiger partial charge >= 0.3 is 6.09 Å². The van der Waals surface area contributed by atoms with Gasteiger partial charge in [0, 0.05) is 19.1 Å². The Morgan fingerprint density at radius 3 is 2.68 bits per heavy atom. The second-order valence-corrected chi connectivity index (χ2v) is 7.28. The summed E-state index contributed by atoms with van der Waals surface area (Å²) in [6, 6.07) is 2.59. The van der Waals surface area contributed by atoms with Crippen LogP contribution in [0.15, 0.2) is 18.7 Å². The Morgan fingerprint density at radius 1 is 1.40 bits per heavy atom. The molecule has 1 saturated heterocycles. The first-order chi connectivity index (χ1) is 11.6. The van der Waals surface area contributed by atoms with Crippen molar-refractivity contribution in [3.05, 3.63) is 41.2 Å². The van der Waals surface area contributed by atoms with Crippen LogP contribution in [0.3, 0.4) is 0 Å². The molecule has 25 heavy (non-hydrogen) atoms. The van der Waals surface area contributed by atoms with E-state index in [1.807, 2.05) is 0 Å². The molecule has 6 heteroatoms. The molecular formula is C19H25FN2O3. The number of carbonyl (C=O) groups excluding carboxylic acids is 2. The molecule has 1 aromatic rings. The first-order valence-electron chi connectivity index (χ1n) is 8.32. The summed E-state index contributed by atoms with van der Waals surface area (Å²) in [4.78, 5) is 26.0. The molecule has 0 aromatic heterocycles. The van der Waals surface area contributed by atoms with Crippen molar-refractivity contribution in [3.8, 4) is 0 Å². The molecule has 1 fully saturated rings. The molecule has 136 valence electrons. The van der Waals surface area contributed by atoms with Crippen LogP contribution >= 0.6 is 0 Å². The van der Waals surface area contributed by atoms with Crippen LogP contribution in [0.25, 0.3) is 6.08 Å². The van der Waals surface area contributed by atoms with Crippen molar-refractivity contribution in [2.24, 2.45) is 0 Å². The van der Waals surface area contributed by atoms with Crippen LogP contribution in [0.2, 0.25) is 0 Å². The summed E-state index contributed by atoms with van der Waals surface area (Å²) < 4.78 is 19.4. The second kappa shape index (κ2) is 7.25. The van der Waals surface area contributed by atoms with Crippen molar-refractivity contribution in [3.63, 3.8) is 0 Å². The van der Waals surface area contributed by atoms with E-state index in [-0.39, 0.29) is 11.6 Å². The van der Waals surface area contributed by atoms with Crippen LogP contribution in [0, 0.1) is 12.7 Å². The number of nitrogens with zero attached hydrogens (tertiary/aromatic N) is 1. The molecule has 1 aliphatic rings. The van der Waals surface area contributed by atoms with E-state index in [2.05, 4.69) is 11.9 Å². The number of benzene rings is 1. The lowest BCUT2D eigenvalue weighted by atomic mass is 10.0. The van der Waals surface area contributed by atoms with E-state index in [9.17, 15) is 14.0 Å². The van der Waals surface area contributed by atoms with Crippen LogP contribution in [0.4, 0.5) is 9.18 Å². The minimum Gasteiger partial charge on any atom is -0.444 e. The number of aryl methyl sites for hydroxylation is 1. The summed E-state index contributed by atoms with van der Waals surface area (Å²) >= 11 is 0. The lowest BCUT2D eigenvalue weighted by molar-refractivity contribution is 0.0290. The van der Waals surface area contributed by atoms with E-state index in [1.165, 1.54) is 12.1 Å². The van der Waals surface area contributed by atoms with Gasteiger partial charge in [0.25, 0.3) is 5.91 Å². The van der Waals surface area contributed by atoms with Crippen LogP contribution in [0.1, 0.15) is 48.7 Å². The fraction of sp³-hybridized carbons (Fsp3) is 0.474. The maximum atomic E-state index is 14.1. The van der Waals surface area contributed by atoms with E-state index in [1.54, 1.807) is 38.7 Å². The minimum atomic E-state index is -0.567. The maximum absolute atomic E-state index is 14.1. The van der Waals surface area contributed by atoms with Crippen molar-refractivity contribution in [1.82, 2.24) is 10.2 Å². The summed E-state index contributed by atoms with van der Waals surface area (Å²) in [6.07, 6.45) is 1.79. The zero-order valence-electron chi connectivity index (χ0n) is 15.2. The van der Waals surface area contributed by atoms with Gasteiger partial charge in [-0.1, -0.05) is 12.7 Å². The number of hydrogen-bond donors (Lipinski definition) is 1. The van der Waals surface area contributed by atoms with Gasteiger partial charge in [-0.3, -0.25) is 4.79 Å². The van der Waals surface area contributed by atoms with Gasteiger partial charge in [-0.2, -0.15) is 0 Å². The van der Waals surface area contributed by atoms with Gasteiger partial charge in [0.2, 0.25) is 0 Å². The Labute approximate surface area is 147 Å². The number of rotatable bonds is 3. The van der Waals surface area contributed by atoms with E-state index >= 15 is 0 Å². The van der Waals surface area contributed by atoms with Crippen molar-refractivity contribution in [2.45, 2.75) is 45.8 Å². The molecule has 1 N–H and O–H groups in total. The van der Waals surface area contributed by atoms with Gasteiger partial charge in [-0.15, -0.1) is 0 Å². The zero-order valence-corrected chi connectivity index (χ0v) is 15.2. The first kappa shape index (κ1) is 19.0. The number of ether oxygens (including phenoxy) is 1. The largest absolute Gasteiger partial charge is 0.444 e. The van der Waals surface area contributed by atoms with E-state index in [0.29, 0.717) is 25.1 Å². The van der Waals surface area contributed by atoms with Gasteiger partial charge in [-0.05, 0) is 57.4 Å². The Balaban J connectivity index is 2.01. The average Bonchev–Trinajstić information content (AvgIpc) is 2.94. The number of hydrogen-bond acceptors (Lipinski definition) is 3. The van der Waals surface area contributed by atoms with Crippen LogP contribution in [0.5, 0.6) is 0 Å². The molecule has 5 nitrogen and oxygen atoms in total. The standard InChI is InChI=1S/C19H25FN2O3/c1-6-13-10-15(16(20)9-12(13)2)17(23)21-14-7-8-22(11-14)18(24)25-19(3,4)5/h6,9-10,14H,1,7-8,11H2,2-5H3,(H,21,23). The molecule has 0 spiro atoms. The molecule has 1 unspecified atom stereocenters. The highest BCUT2D eigenvalue weighted by Crippen LogP contribution is 2.19. The molecule has 2 rings (SSSR count). The monoisotopic (exact) mass is 348 g/mol. The molecule has 1 atom stereocenters. The molecule has 0 bridgehead atoms. The lowest BCUT2D eigenvalue weighted by Crippen LogP contribution is -2.40. The summed E-state index contributed by atoms with van der Waals surface area (Å²) in [5.74, 6) is -1.06. The third-order valence-electron chi connectivity index (χ3n) is 4.00. The van der Waals surface area contributed by atoms with E-state index < -0.39 is 23.4 Å². The third kappa shape index (κ3) is 4.81. The molecule has 1 aliphatic heterocycles. The first-order valence-corrected chi connectivity index (χ1v) is 8.32. The molecule has 0 aliphatic carbocycles. The number of nitrogens with one attached hydrogen (secondary N) is 1. The number of carbonyl (C=O) groups is 2. The van der Waals surface area contributed by atoms with Crippen LogP contribution in [-0.4, -0.2) is 41.6 Å². The topological polar surface area (TPSA) is 58.6 Å². The van der Waals surface area contributed by atoms with Crippen molar-refractivity contribution in [2.75, 3.05) is 13.1 Å². The highest BCUT2D eigenvalue weighted by atomic mass is 19.1. The van der Waals surface area contributed by atoms with Crippen molar-refractivity contribution >= 4 is 18.1 Å². The minimum absolute atomic E-state index is 0.0174. The zero-order chi connectivity index (χ0) is 18.8. The molecule has 2 amide bonds. The molecule has 1 heterocycles. The predicted molar refractivity (Wildman–Crippen MR) is 94.9 cm³/mol. The Kier molecular flexibility index (Phi) is 5.50. The summed E-state index contributed by atoms with van der Waals surface area (Å²) in [7, 11) is 0. The number of likely N-dealkylation sites (tertiary alicyclic amines) is 1. The Bertz CT molecular complexity index is 695. The van der Waals surface area contributed by atoms with Gasteiger partial charge in [-0.25, -0.2) is 9.18 Å². The highest BCUT2D eigenvalue weighted by molar-refractivity contribution is 5.95. The van der Waals surface area contributed by atoms with Gasteiger partial charge in [0.05, 0.1) is 5.56 Å². The van der Waals surface area contributed by atoms with Crippen LogP contribution < -0.4 is 5.32 Å². The maximum Gasteiger partial charge on any atom is 0.410 e. The normalized spacial score (nSPS) is 17.3. The summed E-state index contributed by atoms with van der Waals surface area (Å²) in [6.45, 7) is 11.7.